The van der Waals surface area contributed by atoms with Crippen LogP contribution in [0.15, 0.2) is 18.2 Å². The number of hydrogen-bond acceptors (Lipinski definition) is 5. The van der Waals surface area contributed by atoms with E-state index in [0.29, 0.717) is 37.9 Å². The van der Waals surface area contributed by atoms with Crippen molar-refractivity contribution in [2.75, 3.05) is 31.2 Å². The number of halogens is 1. The van der Waals surface area contributed by atoms with E-state index >= 15 is 0 Å². The SMILES string of the molecule is O=[N+]([O-])c1cc(F)ccc1N1CCC(C2OCCO2)CC1. The van der Waals surface area contributed by atoms with Crippen molar-refractivity contribution in [1.29, 1.82) is 0 Å². The summed E-state index contributed by atoms with van der Waals surface area (Å²) in [6.45, 7) is 2.63. The third-order valence-electron chi connectivity index (χ3n) is 4.05. The first-order valence-corrected chi connectivity index (χ1v) is 7.07. The van der Waals surface area contributed by atoms with Gasteiger partial charge in [0.05, 0.1) is 24.2 Å². The molecule has 2 aliphatic rings. The Morgan fingerprint density at radius 1 is 1.24 bits per heavy atom. The second-order valence-electron chi connectivity index (χ2n) is 5.32. The van der Waals surface area contributed by atoms with Gasteiger partial charge in [-0.15, -0.1) is 0 Å². The first-order chi connectivity index (χ1) is 10.1. The summed E-state index contributed by atoms with van der Waals surface area (Å²) in [5.74, 6) is -0.267. The number of benzene rings is 1. The predicted octanol–water partition coefficient (Wildman–Crippen LogP) is 2.32. The van der Waals surface area contributed by atoms with Crippen LogP contribution >= 0.6 is 0 Å². The average molecular weight is 296 g/mol. The molecule has 2 fully saturated rings. The molecule has 21 heavy (non-hydrogen) atoms. The number of piperidine rings is 1. The number of hydrogen-bond donors (Lipinski definition) is 0. The lowest BCUT2D eigenvalue weighted by molar-refractivity contribution is -0.384. The van der Waals surface area contributed by atoms with E-state index in [9.17, 15) is 14.5 Å². The predicted molar refractivity (Wildman–Crippen MR) is 73.7 cm³/mol. The average Bonchev–Trinajstić information content (AvgIpc) is 3.01. The van der Waals surface area contributed by atoms with Crippen molar-refractivity contribution < 1.29 is 18.8 Å². The molecule has 0 amide bonds. The fourth-order valence-corrected chi connectivity index (χ4v) is 2.97. The van der Waals surface area contributed by atoms with Gasteiger partial charge in [0, 0.05) is 19.0 Å². The molecule has 2 saturated heterocycles. The summed E-state index contributed by atoms with van der Waals surface area (Å²) in [6.07, 6.45) is 1.55. The first kappa shape index (κ1) is 14.2. The third kappa shape index (κ3) is 2.98. The lowest BCUT2D eigenvalue weighted by Crippen LogP contribution is -2.38. The second-order valence-corrected chi connectivity index (χ2v) is 5.32. The van der Waals surface area contributed by atoms with E-state index in [4.69, 9.17) is 9.47 Å². The largest absolute Gasteiger partial charge is 0.366 e. The van der Waals surface area contributed by atoms with Crippen LogP contribution in [0, 0.1) is 21.8 Å². The van der Waals surface area contributed by atoms with E-state index in [-0.39, 0.29) is 12.0 Å². The van der Waals surface area contributed by atoms with E-state index in [2.05, 4.69) is 0 Å². The van der Waals surface area contributed by atoms with Crippen molar-refractivity contribution in [3.8, 4) is 0 Å². The molecule has 1 aromatic carbocycles. The van der Waals surface area contributed by atoms with Crippen molar-refractivity contribution in [2.45, 2.75) is 19.1 Å². The summed E-state index contributed by atoms with van der Waals surface area (Å²) in [5, 5.41) is 11.1. The minimum atomic E-state index is -0.590. The lowest BCUT2D eigenvalue weighted by atomic mass is 9.95. The van der Waals surface area contributed by atoms with Crippen molar-refractivity contribution in [3.05, 3.63) is 34.1 Å². The van der Waals surface area contributed by atoms with Gasteiger partial charge in [-0.1, -0.05) is 0 Å². The summed E-state index contributed by atoms with van der Waals surface area (Å²) in [4.78, 5) is 12.5. The molecule has 0 radical (unpaired) electrons. The van der Waals surface area contributed by atoms with Crippen molar-refractivity contribution in [1.82, 2.24) is 0 Å². The van der Waals surface area contributed by atoms with Crippen LogP contribution in [0.4, 0.5) is 15.8 Å². The van der Waals surface area contributed by atoms with Crippen molar-refractivity contribution in [3.63, 3.8) is 0 Å². The zero-order chi connectivity index (χ0) is 14.8. The van der Waals surface area contributed by atoms with E-state index in [0.717, 1.165) is 18.9 Å². The molecular weight excluding hydrogens is 279 g/mol. The van der Waals surface area contributed by atoms with Crippen LogP contribution in [-0.4, -0.2) is 37.5 Å². The number of ether oxygens (including phenoxy) is 2. The van der Waals surface area contributed by atoms with Gasteiger partial charge in [0.25, 0.3) is 5.69 Å². The molecule has 0 aliphatic carbocycles. The molecule has 2 aliphatic heterocycles. The summed E-state index contributed by atoms with van der Waals surface area (Å²) in [5.41, 5.74) is 0.301. The molecule has 114 valence electrons. The minimum Gasteiger partial charge on any atom is -0.366 e. The highest BCUT2D eigenvalue weighted by Crippen LogP contribution is 2.33. The number of anilines is 1. The Labute approximate surface area is 121 Å². The molecule has 0 bridgehead atoms. The van der Waals surface area contributed by atoms with Gasteiger partial charge in [0.2, 0.25) is 0 Å². The van der Waals surface area contributed by atoms with Gasteiger partial charge in [-0.3, -0.25) is 10.1 Å². The standard InChI is InChI=1S/C14H17FN2O4/c15-11-1-2-12(13(9-11)17(18)19)16-5-3-10(4-6-16)14-20-7-8-21-14/h1-2,9-10,14H,3-8H2. The molecule has 0 N–H and O–H groups in total. The molecule has 2 heterocycles. The Balaban J connectivity index is 1.70. The molecular formula is C14H17FN2O4. The van der Waals surface area contributed by atoms with Gasteiger partial charge >= 0.3 is 0 Å². The first-order valence-electron chi connectivity index (χ1n) is 7.07. The van der Waals surface area contributed by atoms with E-state index < -0.39 is 10.7 Å². The van der Waals surface area contributed by atoms with Crippen LogP contribution in [0.25, 0.3) is 0 Å². The van der Waals surface area contributed by atoms with E-state index in [1.165, 1.54) is 12.1 Å². The maximum Gasteiger partial charge on any atom is 0.295 e. The third-order valence-corrected chi connectivity index (χ3v) is 4.05. The smallest absolute Gasteiger partial charge is 0.295 e. The van der Waals surface area contributed by atoms with Gasteiger partial charge in [-0.05, 0) is 25.0 Å². The highest BCUT2D eigenvalue weighted by Gasteiger charge is 2.32. The zero-order valence-corrected chi connectivity index (χ0v) is 11.5. The fourth-order valence-electron chi connectivity index (χ4n) is 2.97. The Hall–Kier alpha value is -1.73. The van der Waals surface area contributed by atoms with Gasteiger partial charge < -0.3 is 14.4 Å². The monoisotopic (exact) mass is 296 g/mol. The van der Waals surface area contributed by atoms with Crippen molar-refractivity contribution >= 4 is 11.4 Å². The van der Waals surface area contributed by atoms with Gasteiger partial charge in [0.15, 0.2) is 6.29 Å². The number of rotatable bonds is 3. The Bertz CT molecular complexity index is 526. The summed E-state index contributed by atoms with van der Waals surface area (Å²) in [6, 6.07) is 3.72. The molecule has 3 rings (SSSR count). The second kappa shape index (κ2) is 5.95. The molecule has 0 spiro atoms. The van der Waals surface area contributed by atoms with Crippen LogP contribution in [0.5, 0.6) is 0 Å². The Morgan fingerprint density at radius 3 is 2.52 bits per heavy atom. The van der Waals surface area contributed by atoms with Crippen molar-refractivity contribution in [2.24, 2.45) is 5.92 Å². The Morgan fingerprint density at radius 2 is 1.90 bits per heavy atom. The quantitative estimate of drug-likeness (QED) is 0.632. The van der Waals surface area contributed by atoms with Crippen LogP contribution < -0.4 is 4.90 Å². The van der Waals surface area contributed by atoms with E-state index in [1.54, 1.807) is 0 Å². The molecule has 6 nitrogen and oxygen atoms in total. The van der Waals surface area contributed by atoms with Gasteiger partial charge in [-0.25, -0.2) is 4.39 Å². The molecule has 0 atom stereocenters. The summed E-state index contributed by atoms with van der Waals surface area (Å²) >= 11 is 0. The fraction of sp³-hybridized carbons (Fsp3) is 0.571. The highest BCUT2D eigenvalue weighted by molar-refractivity contribution is 5.63. The summed E-state index contributed by atoms with van der Waals surface area (Å²) < 4.78 is 24.2. The number of nitrogens with zero attached hydrogens (tertiary/aromatic N) is 2. The zero-order valence-electron chi connectivity index (χ0n) is 11.5. The number of nitro benzene ring substituents is 1. The maximum atomic E-state index is 13.2. The lowest BCUT2D eigenvalue weighted by Gasteiger charge is -2.34. The minimum absolute atomic E-state index is 0.143. The van der Waals surface area contributed by atoms with Crippen LogP contribution in [0.1, 0.15) is 12.8 Å². The highest BCUT2D eigenvalue weighted by atomic mass is 19.1. The molecule has 7 heteroatoms. The molecule has 1 aromatic rings. The van der Waals surface area contributed by atoms with Crippen LogP contribution in [0.3, 0.4) is 0 Å². The Kier molecular flexibility index (Phi) is 4.03. The topological polar surface area (TPSA) is 64.8 Å². The normalized spacial score (nSPS) is 20.9. The van der Waals surface area contributed by atoms with Crippen LogP contribution in [-0.2, 0) is 9.47 Å². The molecule has 0 saturated carbocycles. The number of nitro groups is 1. The van der Waals surface area contributed by atoms with Crippen LogP contribution in [0.2, 0.25) is 0 Å². The molecule has 0 aromatic heterocycles. The van der Waals surface area contributed by atoms with E-state index in [1.807, 2.05) is 4.90 Å². The summed E-state index contributed by atoms with van der Waals surface area (Å²) in [7, 11) is 0. The van der Waals surface area contributed by atoms with Gasteiger partial charge in [-0.2, -0.15) is 0 Å². The van der Waals surface area contributed by atoms with Gasteiger partial charge in [0.1, 0.15) is 11.5 Å². The maximum absolute atomic E-state index is 13.2. The molecule has 0 unspecified atom stereocenters.